The standard InChI is InChI=1S/C12H13ClFNO2S/c1-6(12(16)17-7-2-3-7)18-11-5-10(15)9(14)4-8(11)13/h4-7H,2-3,15H2,1H3. The lowest BCUT2D eigenvalue weighted by Gasteiger charge is -2.12. The van der Waals surface area contributed by atoms with Gasteiger partial charge in [-0.25, -0.2) is 4.39 Å². The van der Waals surface area contributed by atoms with Crippen LogP contribution in [0.2, 0.25) is 5.02 Å². The van der Waals surface area contributed by atoms with E-state index in [0.29, 0.717) is 4.90 Å². The Morgan fingerprint density at radius 2 is 2.28 bits per heavy atom. The number of carbonyl (C=O) groups excluding carboxylic acids is 1. The summed E-state index contributed by atoms with van der Waals surface area (Å²) in [5.74, 6) is -0.834. The Hall–Kier alpha value is -0.940. The number of benzene rings is 1. The van der Waals surface area contributed by atoms with E-state index in [9.17, 15) is 9.18 Å². The second-order valence-electron chi connectivity index (χ2n) is 4.20. The molecule has 1 aromatic rings. The summed E-state index contributed by atoms with van der Waals surface area (Å²) < 4.78 is 18.3. The van der Waals surface area contributed by atoms with Crippen molar-refractivity contribution in [2.75, 3.05) is 5.73 Å². The second-order valence-corrected chi connectivity index (χ2v) is 5.99. The maximum Gasteiger partial charge on any atom is 0.319 e. The molecule has 0 amide bonds. The molecular weight excluding hydrogens is 277 g/mol. The Kier molecular flexibility index (Phi) is 4.02. The maximum atomic E-state index is 13.1. The Bertz CT molecular complexity index is 479. The van der Waals surface area contributed by atoms with E-state index < -0.39 is 11.1 Å². The maximum absolute atomic E-state index is 13.1. The Balaban J connectivity index is 2.03. The van der Waals surface area contributed by atoms with Gasteiger partial charge in [-0.1, -0.05) is 11.6 Å². The molecule has 1 saturated carbocycles. The average molecular weight is 290 g/mol. The fourth-order valence-corrected chi connectivity index (χ4v) is 2.50. The van der Waals surface area contributed by atoms with Crippen LogP contribution >= 0.6 is 23.4 Å². The van der Waals surface area contributed by atoms with Crippen LogP contribution < -0.4 is 5.73 Å². The second kappa shape index (κ2) is 5.36. The highest BCUT2D eigenvalue weighted by atomic mass is 35.5. The number of halogens is 2. The van der Waals surface area contributed by atoms with Gasteiger partial charge in [0.05, 0.1) is 10.7 Å². The summed E-state index contributed by atoms with van der Waals surface area (Å²) in [6.45, 7) is 1.73. The van der Waals surface area contributed by atoms with Crippen LogP contribution in [0.3, 0.4) is 0 Å². The van der Waals surface area contributed by atoms with Gasteiger partial charge >= 0.3 is 5.97 Å². The number of anilines is 1. The molecule has 1 aliphatic carbocycles. The molecule has 0 aliphatic heterocycles. The predicted molar refractivity (Wildman–Crippen MR) is 70.3 cm³/mol. The van der Waals surface area contributed by atoms with Gasteiger partial charge in [0.1, 0.15) is 17.2 Å². The zero-order chi connectivity index (χ0) is 13.3. The molecule has 1 unspecified atom stereocenters. The van der Waals surface area contributed by atoms with Gasteiger partial charge in [0.15, 0.2) is 0 Å². The van der Waals surface area contributed by atoms with Gasteiger partial charge in [0.2, 0.25) is 0 Å². The summed E-state index contributed by atoms with van der Waals surface area (Å²) in [5, 5.41) is -0.147. The first-order valence-electron chi connectivity index (χ1n) is 5.59. The molecule has 0 aromatic heterocycles. The summed E-state index contributed by atoms with van der Waals surface area (Å²) in [5.41, 5.74) is 5.49. The lowest BCUT2D eigenvalue weighted by Crippen LogP contribution is -2.17. The van der Waals surface area contributed by atoms with Crippen molar-refractivity contribution in [2.24, 2.45) is 0 Å². The van der Waals surface area contributed by atoms with Crippen molar-refractivity contribution in [3.05, 3.63) is 23.0 Å². The van der Waals surface area contributed by atoms with Crippen LogP contribution in [0.25, 0.3) is 0 Å². The van der Waals surface area contributed by atoms with Gasteiger partial charge in [-0.3, -0.25) is 4.79 Å². The van der Waals surface area contributed by atoms with Crippen molar-refractivity contribution in [1.82, 2.24) is 0 Å². The summed E-state index contributed by atoms with van der Waals surface area (Å²) >= 11 is 7.12. The van der Waals surface area contributed by atoms with E-state index in [1.807, 2.05) is 0 Å². The summed E-state index contributed by atoms with van der Waals surface area (Å²) in [7, 11) is 0. The molecular formula is C12H13ClFNO2S. The Labute approximate surface area is 114 Å². The largest absolute Gasteiger partial charge is 0.462 e. The average Bonchev–Trinajstić information content (AvgIpc) is 3.09. The van der Waals surface area contributed by atoms with Gasteiger partial charge in [-0.05, 0) is 31.9 Å². The SMILES string of the molecule is CC(Sc1cc(N)c(F)cc1Cl)C(=O)OC1CC1. The highest BCUT2D eigenvalue weighted by Gasteiger charge is 2.28. The highest BCUT2D eigenvalue weighted by Crippen LogP contribution is 2.34. The first-order chi connectivity index (χ1) is 8.47. The predicted octanol–water partition coefficient (Wildman–Crippen LogP) is 3.25. The van der Waals surface area contributed by atoms with Crippen LogP contribution in [0.4, 0.5) is 10.1 Å². The van der Waals surface area contributed by atoms with Crippen molar-refractivity contribution in [1.29, 1.82) is 0 Å². The molecule has 0 heterocycles. The molecule has 6 heteroatoms. The number of hydrogen-bond acceptors (Lipinski definition) is 4. The van der Waals surface area contributed by atoms with E-state index in [2.05, 4.69) is 0 Å². The van der Waals surface area contributed by atoms with Crippen LogP contribution in [0.15, 0.2) is 17.0 Å². The zero-order valence-corrected chi connectivity index (χ0v) is 11.4. The third-order valence-electron chi connectivity index (χ3n) is 2.49. The molecule has 1 fully saturated rings. The van der Waals surface area contributed by atoms with E-state index in [-0.39, 0.29) is 22.8 Å². The fraction of sp³-hybridized carbons (Fsp3) is 0.417. The first kappa shape index (κ1) is 13.5. The third-order valence-corrected chi connectivity index (χ3v) is 4.06. The lowest BCUT2D eigenvalue weighted by molar-refractivity contribution is -0.143. The molecule has 0 radical (unpaired) electrons. The number of esters is 1. The molecule has 1 aromatic carbocycles. The number of hydrogen-bond donors (Lipinski definition) is 1. The van der Waals surface area contributed by atoms with E-state index in [4.69, 9.17) is 22.1 Å². The van der Waals surface area contributed by atoms with Crippen molar-refractivity contribution in [3.63, 3.8) is 0 Å². The van der Waals surface area contributed by atoms with E-state index in [1.165, 1.54) is 17.8 Å². The van der Waals surface area contributed by atoms with Crippen LogP contribution in [-0.2, 0) is 9.53 Å². The lowest BCUT2D eigenvalue weighted by atomic mass is 10.3. The van der Waals surface area contributed by atoms with Crippen LogP contribution in [0, 0.1) is 5.82 Å². The number of carbonyl (C=O) groups is 1. The van der Waals surface area contributed by atoms with Crippen LogP contribution in [0.5, 0.6) is 0 Å². The first-order valence-corrected chi connectivity index (χ1v) is 6.85. The highest BCUT2D eigenvalue weighted by molar-refractivity contribution is 8.00. The van der Waals surface area contributed by atoms with Gasteiger partial charge in [-0.2, -0.15) is 0 Å². The van der Waals surface area contributed by atoms with Crippen molar-refractivity contribution < 1.29 is 13.9 Å². The van der Waals surface area contributed by atoms with E-state index in [1.54, 1.807) is 6.92 Å². The molecule has 18 heavy (non-hydrogen) atoms. The molecule has 2 rings (SSSR count). The molecule has 1 aliphatic rings. The summed E-state index contributed by atoms with van der Waals surface area (Å²) in [6, 6.07) is 2.58. The molecule has 0 saturated heterocycles. The van der Waals surface area contributed by atoms with Crippen LogP contribution in [-0.4, -0.2) is 17.3 Å². The number of nitrogen functional groups attached to an aromatic ring is 1. The Morgan fingerprint density at radius 1 is 1.61 bits per heavy atom. The topological polar surface area (TPSA) is 52.3 Å². The quantitative estimate of drug-likeness (QED) is 0.525. The minimum atomic E-state index is -0.558. The molecule has 1 atom stereocenters. The monoisotopic (exact) mass is 289 g/mol. The van der Waals surface area contributed by atoms with Crippen LogP contribution in [0.1, 0.15) is 19.8 Å². The number of rotatable bonds is 4. The number of nitrogens with two attached hydrogens (primary N) is 1. The molecule has 2 N–H and O–H groups in total. The van der Waals surface area contributed by atoms with Gasteiger partial charge in [-0.15, -0.1) is 11.8 Å². The fourth-order valence-electron chi connectivity index (χ4n) is 1.32. The van der Waals surface area contributed by atoms with Crippen molar-refractivity contribution in [3.8, 4) is 0 Å². The van der Waals surface area contributed by atoms with E-state index in [0.717, 1.165) is 18.9 Å². The molecule has 98 valence electrons. The van der Waals surface area contributed by atoms with Crippen molar-refractivity contribution >= 4 is 35.0 Å². The van der Waals surface area contributed by atoms with Gasteiger partial charge in [0.25, 0.3) is 0 Å². The van der Waals surface area contributed by atoms with Gasteiger partial charge < -0.3 is 10.5 Å². The molecule has 0 bridgehead atoms. The third kappa shape index (κ3) is 3.29. The molecule has 0 spiro atoms. The summed E-state index contributed by atoms with van der Waals surface area (Å²) in [4.78, 5) is 12.2. The minimum Gasteiger partial charge on any atom is -0.462 e. The zero-order valence-electron chi connectivity index (χ0n) is 9.78. The molecule has 3 nitrogen and oxygen atoms in total. The van der Waals surface area contributed by atoms with E-state index >= 15 is 0 Å². The Morgan fingerprint density at radius 3 is 2.89 bits per heavy atom. The summed E-state index contributed by atoms with van der Waals surface area (Å²) in [6.07, 6.45) is 1.95. The smallest absolute Gasteiger partial charge is 0.319 e. The number of thioether (sulfide) groups is 1. The van der Waals surface area contributed by atoms with Crippen molar-refractivity contribution in [2.45, 2.75) is 36.0 Å². The normalized spacial score (nSPS) is 16.4. The van der Waals surface area contributed by atoms with Gasteiger partial charge in [0, 0.05) is 4.90 Å². The minimum absolute atomic E-state index is 0.0182. The number of ether oxygens (including phenoxy) is 1.